The number of allylic oxidation sites excluding steroid dienone is 1. The fraction of sp³-hybridized carbons (Fsp3) is 0.0606. The van der Waals surface area contributed by atoms with Crippen molar-refractivity contribution >= 4 is 41.7 Å². The number of Topliss-reactive ketones (excluding diaryl/α,β-unsaturated/α-hetero) is 1. The van der Waals surface area contributed by atoms with Gasteiger partial charge < -0.3 is 15.5 Å². The molecule has 0 radical (unpaired) electrons. The number of carbonyl (C=O) groups is 1. The highest BCUT2D eigenvalue weighted by molar-refractivity contribution is 6.06. The average molecular weight is 514 g/mol. The van der Waals surface area contributed by atoms with Gasteiger partial charge >= 0.3 is 0 Å². The van der Waals surface area contributed by atoms with Gasteiger partial charge in [-0.1, -0.05) is 48.5 Å². The molecular formula is C33H27N3O3. The van der Waals surface area contributed by atoms with Gasteiger partial charge in [-0.3, -0.25) is 14.8 Å². The van der Waals surface area contributed by atoms with Crippen molar-refractivity contribution in [2.24, 2.45) is 9.98 Å². The second-order valence-electron chi connectivity index (χ2n) is 9.04. The van der Waals surface area contributed by atoms with Gasteiger partial charge in [0, 0.05) is 47.8 Å². The average Bonchev–Trinajstić information content (AvgIpc) is 2.94. The van der Waals surface area contributed by atoms with Crippen molar-refractivity contribution in [2.75, 3.05) is 6.54 Å². The molecule has 0 saturated carbocycles. The lowest BCUT2D eigenvalue weighted by atomic mass is 9.96. The third-order valence-corrected chi connectivity index (χ3v) is 6.20. The molecule has 0 spiro atoms. The fourth-order valence-corrected chi connectivity index (χ4v) is 4.18. The maximum Gasteiger partial charge on any atom is 0.166 e. The second-order valence-corrected chi connectivity index (χ2v) is 9.04. The Bertz CT molecular complexity index is 1630. The molecule has 6 heteroatoms. The van der Waals surface area contributed by atoms with Crippen LogP contribution in [-0.4, -0.2) is 35.0 Å². The maximum atomic E-state index is 12.9. The number of nitrogens with zero attached hydrogens (tertiary/aromatic N) is 2. The first-order valence-corrected chi connectivity index (χ1v) is 12.6. The predicted molar refractivity (Wildman–Crippen MR) is 157 cm³/mol. The zero-order chi connectivity index (χ0) is 27.0. The standard InChI is InChI=1S/C33H27N3O3/c37-31-13-3-1-9-25(31)21-35-27-11-5-7-23(17-27)19-29-30(34-16-15-33(29)39)20-24-8-6-12-28(18-24)36-22-26-10-2-4-14-32(26)38/h1-14,17-22,34,37-38H,15-16H2. The zero-order valence-corrected chi connectivity index (χ0v) is 21.2. The smallest absolute Gasteiger partial charge is 0.166 e. The zero-order valence-electron chi connectivity index (χ0n) is 21.2. The number of carbonyl (C=O) groups excluding carboxylic acids is 1. The van der Waals surface area contributed by atoms with Gasteiger partial charge in [-0.2, -0.15) is 0 Å². The Kier molecular flexibility index (Phi) is 7.74. The lowest BCUT2D eigenvalue weighted by Crippen LogP contribution is -2.28. The molecule has 5 rings (SSSR count). The molecule has 6 nitrogen and oxygen atoms in total. The first-order valence-electron chi connectivity index (χ1n) is 12.6. The molecule has 3 N–H and O–H groups in total. The van der Waals surface area contributed by atoms with Crippen LogP contribution in [0.5, 0.6) is 11.5 Å². The molecule has 0 aliphatic carbocycles. The van der Waals surface area contributed by atoms with Crippen LogP contribution < -0.4 is 5.32 Å². The quantitative estimate of drug-likeness (QED) is 0.200. The molecule has 0 unspecified atom stereocenters. The summed E-state index contributed by atoms with van der Waals surface area (Å²) in [6.45, 7) is 0.567. The summed E-state index contributed by atoms with van der Waals surface area (Å²) in [7, 11) is 0. The third kappa shape index (κ3) is 6.56. The second kappa shape index (κ2) is 11.9. The summed E-state index contributed by atoms with van der Waals surface area (Å²) in [4.78, 5) is 21.9. The monoisotopic (exact) mass is 513 g/mol. The Hall–Kier alpha value is -5.23. The van der Waals surface area contributed by atoms with Crippen LogP contribution in [0.15, 0.2) is 118 Å². The number of piperidine rings is 1. The molecule has 1 aliphatic heterocycles. The van der Waals surface area contributed by atoms with E-state index in [1.54, 1.807) is 48.8 Å². The molecule has 4 aromatic rings. The van der Waals surface area contributed by atoms with Crippen molar-refractivity contribution in [3.05, 3.63) is 131 Å². The number of phenols is 2. The Morgan fingerprint density at radius 3 is 1.77 bits per heavy atom. The highest BCUT2D eigenvalue weighted by Gasteiger charge is 2.19. The largest absolute Gasteiger partial charge is 0.507 e. The summed E-state index contributed by atoms with van der Waals surface area (Å²) >= 11 is 0. The van der Waals surface area contributed by atoms with Crippen molar-refractivity contribution < 1.29 is 15.0 Å². The first-order chi connectivity index (χ1) is 19.0. The van der Waals surface area contributed by atoms with Gasteiger partial charge in [0.15, 0.2) is 5.78 Å². The van der Waals surface area contributed by atoms with Crippen LogP contribution in [-0.2, 0) is 4.79 Å². The van der Waals surface area contributed by atoms with Crippen LogP contribution in [0, 0.1) is 0 Å². The number of ketones is 1. The van der Waals surface area contributed by atoms with Crippen molar-refractivity contribution in [2.45, 2.75) is 6.42 Å². The van der Waals surface area contributed by atoms with Crippen molar-refractivity contribution in [3.63, 3.8) is 0 Å². The van der Waals surface area contributed by atoms with Gasteiger partial charge in [0.1, 0.15) is 11.5 Å². The predicted octanol–water partition coefficient (Wildman–Crippen LogP) is 6.59. The van der Waals surface area contributed by atoms with Gasteiger partial charge in [-0.05, 0) is 71.8 Å². The van der Waals surface area contributed by atoms with Crippen LogP contribution in [0.3, 0.4) is 0 Å². The molecule has 1 saturated heterocycles. The van der Waals surface area contributed by atoms with Crippen molar-refractivity contribution in [1.29, 1.82) is 0 Å². The minimum atomic E-state index is 0.0665. The Labute approximate surface area is 227 Å². The molecule has 39 heavy (non-hydrogen) atoms. The highest BCUT2D eigenvalue weighted by atomic mass is 16.3. The van der Waals surface area contributed by atoms with Gasteiger partial charge in [0.25, 0.3) is 0 Å². The van der Waals surface area contributed by atoms with E-state index in [9.17, 15) is 15.0 Å². The summed E-state index contributed by atoms with van der Waals surface area (Å²) in [5, 5.41) is 23.3. The van der Waals surface area contributed by atoms with E-state index in [0.717, 1.165) is 22.5 Å². The first kappa shape index (κ1) is 25.4. The van der Waals surface area contributed by atoms with E-state index in [1.807, 2.05) is 72.8 Å². The van der Waals surface area contributed by atoms with E-state index in [-0.39, 0.29) is 17.3 Å². The van der Waals surface area contributed by atoms with Crippen molar-refractivity contribution in [1.82, 2.24) is 5.32 Å². The summed E-state index contributed by atoms with van der Waals surface area (Å²) in [6.07, 6.45) is 7.49. The molecule has 1 aliphatic rings. The molecule has 0 amide bonds. The molecule has 1 heterocycles. The van der Waals surface area contributed by atoms with Crippen molar-refractivity contribution in [3.8, 4) is 11.5 Å². The lowest BCUT2D eigenvalue weighted by Gasteiger charge is -2.20. The number of hydrogen-bond donors (Lipinski definition) is 3. The highest BCUT2D eigenvalue weighted by Crippen LogP contribution is 2.25. The van der Waals surface area contributed by atoms with E-state index in [0.29, 0.717) is 35.4 Å². The van der Waals surface area contributed by atoms with E-state index in [4.69, 9.17) is 0 Å². The van der Waals surface area contributed by atoms with Gasteiger partial charge in [-0.15, -0.1) is 0 Å². The number of aromatic hydroxyl groups is 2. The minimum absolute atomic E-state index is 0.0665. The summed E-state index contributed by atoms with van der Waals surface area (Å²) < 4.78 is 0. The van der Waals surface area contributed by atoms with Gasteiger partial charge in [0.2, 0.25) is 0 Å². The Morgan fingerprint density at radius 2 is 1.21 bits per heavy atom. The summed E-state index contributed by atoms with van der Waals surface area (Å²) in [6, 6.07) is 29.3. The van der Waals surface area contributed by atoms with Crippen LogP contribution in [0.25, 0.3) is 12.2 Å². The van der Waals surface area contributed by atoms with E-state index < -0.39 is 0 Å². The number of para-hydroxylation sites is 2. The summed E-state index contributed by atoms with van der Waals surface area (Å²) in [5.41, 5.74) is 5.80. The molecule has 0 atom stereocenters. The maximum absolute atomic E-state index is 12.9. The molecule has 4 aromatic carbocycles. The van der Waals surface area contributed by atoms with Gasteiger partial charge in [0.05, 0.1) is 11.4 Å². The van der Waals surface area contributed by atoms with E-state index in [1.165, 1.54) is 0 Å². The topological polar surface area (TPSA) is 94.3 Å². The van der Waals surface area contributed by atoms with Gasteiger partial charge in [-0.25, -0.2) is 0 Å². The number of aliphatic imine (C=N–C) groups is 2. The molecule has 0 aromatic heterocycles. The number of nitrogens with one attached hydrogen (secondary N) is 1. The van der Waals surface area contributed by atoms with Crippen LogP contribution >= 0.6 is 0 Å². The molecule has 0 bridgehead atoms. The summed E-state index contributed by atoms with van der Waals surface area (Å²) in [5.74, 6) is 0.408. The molecular weight excluding hydrogens is 486 g/mol. The Morgan fingerprint density at radius 1 is 0.667 bits per heavy atom. The number of benzene rings is 4. The number of phenolic OH excluding ortho intramolecular Hbond substituents is 2. The minimum Gasteiger partial charge on any atom is -0.507 e. The lowest BCUT2D eigenvalue weighted by molar-refractivity contribution is -0.115. The van der Waals surface area contributed by atoms with E-state index in [2.05, 4.69) is 15.3 Å². The van der Waals surface area contributed by atoms with Crippen LogP contribution in [0.2, 0.25) is 0 Å². The third-order valence-electron chi connectivity index (χ3n) is 6.20. The Balaban J connectivity index is 1.41. The molecule has 192 valence electrons. The molecule has 1 fully saturated rings. The fourth-order valence-electron chi connectivity index (χ4n) is 4.18. The van der Waals surface area contributed by atoms with E-state index >= 15 is 0 Å². The van der Waals surface area contributed by atoms with Crippen LogP contribution in [0.4, 0.5) is 11.4 Å². The van der Waals surface area contributed by atoms with Crippen LogP contribution in [0.1, 0.15) is 28.7 Å². The number of rotatable bonds is 6. The normalized spacial score (nSPS) is 15.8. The number of hydrogen-bond acceptors (Lipinski definition) is 6. The SMILES string of the molecule is O=C1CCNC(=Cc2cccc(N=Cc3ccccc3O)c2)C1=Cc1cccc(N=Cc2ccccc2O)c1.